The minimum absolute atomic E-state index is 0.0672. The van der Waals surface area contributed by atoms with Gasteiger partial charge in [-0.2, -0.15) is 0 Å². The first-order chi connectivity index (χ1) is 18.5. The SMILES string of the molecule is CC(=O)N1Cc2ccccc2[C@@H]2OC(c3ccc(OCCCO)cc3)=N[C@]2(C/C=C/c2ccccc2)C1=O. The van der Waals surface area contributed by atoms with Gasteiger partial charge >= 0.3 is 0 Å². The molecule has 0 bridgehead atoms. The monoisotopic (exact) mass is 510 g/mol. The molecule has 5 rings (SSSR count). The zero-order valence-electron chi connectivity index (χ0n) is 21.2. The number of aliphatic hydroxyl groups is 1. The topological polar surface area (TPSA) is 88.4 Å². The number of imide groups is 1. The number of fused-ring (bicyclic) bond motifs is 3. The van der Waals surface area contributed by atoms with E-state index in [9.17, 15) is 9.59 Å². The second-order valence-corrected chi connectivity index (χ2v) is 9.42. The zero-order valence-corrected chi connectivity index (χ0v) is 21.2. The molecular weight excluding hydrogens is 480 g/mol. The molecule has 194 valence electrons. The van der Waals surface area contributed by atoms with Crippen LogP contribution >= 0.6 is 0 Å². The van der Waals surface area contributed by atoms with Crippen LogP contribution in [-0.2, 0) is 20.9 Å². The van der Waals surface area contributed by atoms with E-state index in [0.717, 1.165) is 16.7 Å². The number of benzene rings is 3. The van der Waals surface area contributed by atoms with E-state index in [-0.39, 0.29) is 31.4 Å². The highest BCUT2D eigenvalue weighted by molar-refractivity contribution is 6.05. The normalized spacial score (nSPS) is 20.4. The van der Waals surface area contributed by atoms with Gasteiger partial charge in [0.05, 0.1) is 13.2 Å². The van der Waals surface area contributed by atoms with Crippen LogP contribution < -0.4 is 4.74 Å². The highest BCUT2D eigenvalue weighted by atomic mass is 16.5. The van der Waals surface area contributed by atoms with Crippen LogP contribution in [0.4, 0.5) is 0 Å². The summed E-state index contributed by atoms with van der Waals surface area (Å²) < 4.78 is 12.1. The fraction of sp³-hybridized carbons (Fsp3) is 0.258. The molecule has 2 aliphatic heterocycles. The van der Waals surface area contributed by atoms with Crippen LogP contribution in [0.1, 0.15) is 48.1 Å². The molecule has 0 saturated heterocycles. The number of hydrogen-bond donors (Lipinski definition) is 1. The summed E-state index contributed by atoms with van der Waals surface area (Å²) in [5.74, 6) is 0.311. The molecule has 0 aliphatic carbocycles. The van der Waals surface area contributed by atoms with E-state index in [1.165, 1.54) is 11.8 Å². The molecule has 1 N–H and O–H groups in total. The van der Waals surface area contributed by atoms with Crippen molar-refractivity contribution in [1.29, 1.82) is 0 Å². The van der Waals surface area contributed by atoms with Crippen molar-refractivity contribution in [1.82, 2.24) is 4.90 Å². The summed E-state index contributed by atoms with van der Waals surface area (Å²) in [6, 6.07) is 24.8. The van der Waals surface area contributed by atoms with Gasteiger partial charge in [-0.05, 0) is 35.4 Å². The van der Waals surface area contributed by atoms with Crippen molar-refractivity contribution in [3.8, 4) is 5.75 Å². The Morgan fingerprint density at radius 2 is 1.84 bits per heavy atom. The highest BCUT2D eigenvalue weighted by Crippen LogP contribution is 2.47. The standard InChI is InChI=1S/C31H30N2O5/c1-22(35)33-21-25-12-5-6-13-27(25)28-31(30(33)36,18-7-11-23-9-3-2-4-10-23)32-29(38-28)24-14-16-26(17-15-24)37-20-8-19-34/h2-7,9-17,28,34H,8,18-21H2,1H3/b11-7+/t28-,31-/m0/s1. The van der Waals surface area contributed by atoms with Crippen molar-refractivity contribution in [2.45, 2.75) is 38.0 Å². The lowest BCUT2D eigenvalue weighted by molar-refractivity contribution is -0.149. The number of aliphatic imine (C=N–C) groups is 1. The van der Waals surface area contributed by atoms with E-state index >= 15 is 0 Å². The number of rotatable bonds is 8. The Balaban J connectivity index is 1.56. The average Bonchev–Trinajstić information content (AvgIpc) is 3.29. The molecule has 2 amide bonds. The number of ether oxygens (including phenoxy) is 2. The van der Waals surface area contributed by atoms with Crippen molar-refractivity contribution in [2.24, 2.45) is 4.99 Å². The van der Waals surface area contributed by atoms with Gasteiger partial charge in [-0.3, -0.25) is 14.5 Å². The van der Waals surface area contributed by atoms with Gasteiger partial charge in [0, 0.05) is 37.5 Å². The second-order valence-electron chi connectivity index (χ2n) is 9.42. The molecule has 0 unspecified atom stereocenters. The maximum Gasteiger partial charge on any atom is 0.262 e. The predicted octanol–water partition coefficient (Wildman–Crippen LogP) is 4.70. The average molecular weight is 511 g/mol. The Morgan fingerprint density at radius 3 is 2.58 bits per heavy atom. The molecule has 0 radical (unpaired) electrons. The number of amides is 2. The van der Waals surface area contributed by atoms with E-state index in [1.807, 2.05) is 91.0 Å². The molecule has 3 aromatic carbocycles. The van der Waals surface area contributed by atoms with Gasteiger partial charge in [-0.1, -0.05) is 66.7 Å². The fourth-order valence-corrected chi connectivity index (χ4v) is 4.88. The Labute approximate surface area is 222 Å². The molecule has 2 heterocycles. The third-order valence-electron chi connectivity index (χ3n) is 6.84. The lowest BCUT2D eigenvalue weighted by Gasteiger charge is -2.30. The van der Waals surface area contributed by atoms with E-state index in [1.54, 1.807) is 0 Å². The molecular formula is C31H30N2O5. The first-order valence-electron chi connectivity index (χ1n) is 12.7. The van der Waals surface area contributed by atoms with E-state index in [0.29, 0.717) is 30.2 Å². The van der Waals surface area contributed by atoms with Crippen LogP contribution in [0.5, 0.6) is 5.75 Å². The van der Waals surface area contributed by atoms with Crippen molar-refractivity contribution < 1.29 is 24.2 Å². The van der Waals surface area contributed by atoms with E-state index in [2.05, 4.69) is 0 Å². The van der Waals surface area contributed by atoms with Crippen molar-refractivity contribution in [3.63, 3.8) is 0 Å². The molecule has 7 nitrogen and oxygen atoms in total. The summed E-state index contributed by atoms with van der Waals surface area (Å²) in [5, 5.41) is 8.98. The van der Waals surface area contributed by atoms with Crippen LogP contribution in [0.2, 0.25) is 0 Å². The lowest BCUT2D eigenvalue weighted by atomic mass is 9.84. The summed E-state index contributed by atoms with van der Waals surface area (Å²) in [6.45, 7) is 2.07. The van der Waals surface area contributed by atoms with Gasteiger partial charge in [-0.25, -0.2) is 4.99 Å². The van der Waals surface area contributed by atoms with Crippen LogP contribution in [0, 0.1) is 0 Å². The number of aliphatic hydroxyl groups excluding tert-OH is 1. The van der Waals surface area contributed by atoms with E-state index in [4.69, 9.17) is 19.6 Å². The minimum atomic E-state index is -1.34. The quantitative estimate of drug-likeness (QED) is 0.444. The Bertz CT molecular complexity index is 1370. The van der Waals surface area contributed by atoms with Gasteiger partial charge in [0.25, 0.3) is 5.91 Å². The number of hydrogen-bond acceptors (Lipinski definition) is 6. The van der Waals surface area contributed by atoms with Gasteiger partial charge in [0.2, 0.25) is 11.8 Å². The maximum absolute atomic E-state index is 14.1. The third kappa shape index (κ3) is 4.97. The largest absolute Gasteiger partial charge is 0.494 e. The number of nitrogens with zero attached hydrogens (tertiary/aromatic N) is 2. The summed E-state index contributed by atoms with van der Waals surface area (Å²) in [6.07, 6.45) is 4.01. The van der Waals surface area contributed by atoms with Gasteiger partial charge in [0.15, 0.2) is 11.6 Å². The smallest absolute Gasteiger partial charge is 0.262 e. The Morgan fingerprint density at radius 1 is 1.11 bits per heavy atom. The molecule has 38 heavy (non-hydrogen) atoms. The number of carbonyl (C=O) groups excluding carboxylic acids is 2. The molecule has 7 heteroatoms. The molecule has 3 aromatic rings. The third-order valence-corrected chi connectivity index (χ3v) is 6.84. The van der Waals surface area contributed by atoms with Crippen molar-refractivity contribution in [3.05, 3.63) is 107 Å². The van der Waals surface area contributed by atoms with Gasteiger partial charge in [-0.15, -0.1) is 0 Å². The van der Waals surface area contributed by atoms with Crippen LogP contribution in [0.25, 0.3) is 6.08 Å². The first-order valence-corrected chi connectivity index (χ1v) is 12.7. The minimum Gasteiger partial charge on any atom is -0.494 e. The van der Waals surface area contributed by atoms with Gasteiger partial charge < -0.3 is 14.6 Å². The molecule has 0 spiro atoms. The first kappa shape index (κ1) is 25.4. The van der Waals surface area contributed by atoms with E-state index < -0.39 is 11.6 Å². The molecule has 0 fully saturated rings. The molecule has 2 atom stereocenters. The molecule has 0 aromatic heterocycles. The highest BCUT2D eigenvalue weighted by Gasteiger charge is 2.56. The van der Waals surface area contributed by atoms with Crippen molar-refractivity contribution >= 4 is 23.8 Å². The van der Waals surface area contributed by atoms with Crippen LogP contribution in [0.15, 0.2) is 89.9 Å². The van der Waals surface area contributed by atoms with Crippen LogP contribution in [0.3, 0.4) is 0 Å². The summed E-state index contributed by atoms with van der Waals surface area (Å²) in [7, 11) is 0. The molecule has 0 saturated carbocycles. The zero-order chi connectivity index (χ0) is 26.5. The maximum atomic E-state index is 14.1. The lowest BCUT2D eigenvalue weighted by Crippen LogP contribution is -2.49. The predicted molar refractivity (Wildman–Crippen MR) is 144 cm³/mol. The Kier molecular flexibility index (Phi) is 7.38. The van der Waals surface area contributed by atoms with Crippen molar-refractivity contribution in [2.75, 3.05) is 13.2 Å². The second kappa shape index (κ2) is 11.0. The Hall–Kier alpha value is -4.23. The molecule has 2 aliphatic rings. The van der Waals surface area contributed by atoms with Crippen LogP contribution in [-0.4, -0.2) is 46.5 Å². The van der Waals surface area contributed by atoms with Gasteiger partial charge in [0.1, 0.15) is 5.75 Å². The summed E-state index contributed by atoms with van der Waals surface area (Å²) in [5.41, 5.74) is 2.08. The number of carbonyl (C=O) groups is 2. The fourth-order valence-electron chi connectivity index (χ4n) is 4.88. The summed E-state index contributed by atoms with van der Waals surface area (Å²) >= 11 is 0. The summed E-state index contributed by atoms with van der Waals surface area (Å²) in [4.78, 5) is 33.0.